The van der Waals surface area contributed by atoms with Gasteiger partial charge in [0, 0.05) is 18.7 Å². The molecule has 2 aromatic rings. The van der Waals surface area contributed by atoms with E-state index < -0.39 is 0 Å². The molecule has 4 nitrogen and oxygen atoms in total. The fraction of sp³-hybridized carbons (Fsp3) is 0.316. The lowest BCUT2D eigenvalue weighted by Gasteiger charge is -2.21. The Labute approximate surface area is 137 Å². The highest BCUT2D eigenvalue weighted by Gasteiger charge is 2.14. The summed E-state index contributed by atoms with van der Waals surface area (Å²) in [6, 6.07) is 15.1. The second-order valence-electron chi connectivity index (χ2n) is 5.12. The highest BCUT2D eigenvalue weighted by Crippen LogP contribution is 2.17. The molecule has 0 radical (unpaired) electrons. The maximum absolute atomic E-state index is 12.6. The van der Waals surface area contributed by atoms with E-state index in [1.54, 1.807) is 7.11 Å². The molecule has 0 aromatic heterocycles. The molecule has 4 heteroatoms. The minimum Gasteiger partial charge on any atom is -0.497 e. The van der Waals surface area contributed by atoms with Crippen molar-refractivity contribution in [3.05, 3.63) is 59.7 Å². The monoisotopic (exact) mass is 313 g/mol. The molecule has 0 aliphatic carbocycles. The number of hydrogen-bond donors (Lipinski definition) is 0. The number of hydrogen-bond acceptors (Lipinski definition) is 3. The van der Waals surface area contributed by atoms with Crippen LogP contribution in [0.3, 0.4) is 0 Å². The first kappa shape index (κ1) is 16.9. The van der Waals surface area contributed by atoms with Crippen LogP contribution in [0.2, 0.25) is 0 Å². The summed E-state index contributed by atoms with van der Waals surface area (Å²) in [5, 5.41) is 0. The van der Waals surface area contributed by atoms with Crippen molar-refractivity contribution in [2.24, 2.45) is 0 Å². The van der Waals surface area contributed by atoms with Crippen molar-refractivity contribution in [2.75, 3.05) is 20.3 Å². The Kier molecular flexibility index (Phi) is 6.03. The van der Waals surface area contributed by atoms with E-state index in [1.807, 2.05) is 67.3 Å². The number of amides is 1. The van der Waals surface area contributed by atoms with Gasteiger partial charge in [-0.1, -0.05) is 12.1 Å². The molecule has 0 fully saturated rings. The molecule has 0 N–H and O–H groups in total. The Morgan fingerprint density at radius 1 is 0.957 bits per heavy atom. The van der Waals surface area contributed by atoms with Gasteiger partial charge in [-0.05, 0) is 55.8 Å². The van der Waals surface area contributed by atoms with E-state index in [0.717, 1.165) is 17.1 Å². The van der Waals surface area contributed by atoms with Crippen LogP contribution in [0.5, 0.6) is 11.5 Å². The molecule has 0 spiro atoms. The molecule has 0 aliphatic heterocycles. The van der Waals surface area contributed by atoms with Crippen molar-refractivity contribution in [1.29, 1.82) is 0 Å². The summed E-state index contributed by atoms with van der Waals surface area (Å²) in [6.07, 6.45) is 0. The van der Waals surface area contributed by atoms with E-state index in [4.69, 9.17) is 9.47 Å². The van der Waals surface area contributed by atoms with Gasteiger partial charge >= 0.3 is 0 Å². The van der Waals surface area contributed by atoms with Gasteiger partial charge in [-0.25, -0.2) is 0 Å². The average molecular weight is 313 g/mol. The number of carbonyl (C=O) groups excluding carboxylic acids is 1. The van der Waals surface area contributed by atoms with Crippen LogP contribution in [0.25, 0.3) is 0 Å². The molecule has 1 amide bonds. The zero-order valence-corrected chi connectivity index (χ0v) is 13.9. The summed E-state index contributed by atoms with van der Waals surface area (Å²) in [5.41, 5.74) is 1.75. The van der Waals surface area contributed by atoms with E-state index in [-0.39, 0.29) is 5.91 Å². The third kappa shape index (κ3) is 4.49. The Balaban J connectivity index is 2.07. The largest absolute Gasteiger partial charge is 0.497 e. The van der Waals surface area contributed by atoms with Crippen LogP contribution in [0.15, 0.2) is 48.5 Å². The molecule has 0 unspecified atom stereocenters. The second kappa shape index (κ2) is 8.22. The topological polar surface area (TPSA) is 38.8 Å². The van der Waals surface area contributed by atoms with E-state index in [2.05, 4.69) is 0 Å². The molecule has 2 aromatic carbocycles. The van der Waals surface area contributed by atoms with Crippen LogP contribution < -0.4 is 9.47 Å². The van der Waals surface area contributed by atoms with Crippen LogP contribution in [0, 0.1) is 0 Å². The predicted molar refractivity (Wildman–Crippen MR) is 91.0 cm³/mol. The van der Waals surface area contributed by atoms with E-state index >= 15 is 0 Å². The fourth-order valence-electron chi connectivity index (χ4n) is 2.32. The maximum Gasteiger partial charge on any atom is 0.254 e. The standard InChI is InChI=1S/C19H23NO3/c1-4-20(14-15-6-10-17(22-3)11-7-15)19(21)16-8-12-18(13-9-16)23-5-2/h6-13H,4-5,14H2,1-3H3. The third-order valence-electron chi connectivity index (χ3n) is 3.61. The molecule has 0 saturated heterocycles. The molecule has 122 valence electrons. The van der Waals surface area contributed by atoms with Gasteiger partial charge in [0.05, 0.1) is 13.7 Å². The van der Waals surface area contributed by atoms with Gasteiger partial charge in [-0.15, -0.1) is 0 Å². The Morgan fingerprint density at radius 2 is 1.57 bits per heavy atom. The van der Waals surface area contributed by atoms with Gasteiger partial charge in [-0.3, -0.25) is 4.79 Å². The highest BCUT2D eigenvalue weighted by atomic mass is 16.5. The predicted octanol–water partition coefficient (Wildman–Crippen LogP) is 3.76. The van der Waals surface area contributed by atoms with Crippen LogP contribution in [-0.2, 0) is 6.54 Å². The lowest BCUT2D eigenvalue weighted by molar-refractivity contribution is 0.0752. The van der Waals surface area contributed by atoms with E-state index in [1.165, 1.54) is 0 Å². The molecular weight excluding hydrogens is 290 g/mol. The van der Waals surface area contributed by atoms with Crippen molar-refractivity contribution in [3.8, 4) is 11.5 Å². The molecule has 0 heterocycles. The van der Waals surface area contributed by atoms with Crippen molar-refractivity contribution < 1.29 is 14.3 Å². The zero-order chi connectivity index (χ0) is 16.7. The molecule has 0 atom stereocenters. The number of methoxy groups -OCH3 is 1. The average Bonchev–Trinajstić information content (AvgIpc) is 2.60. The van der Waals surface area contributed by atoms with Crippen LogP contribution >= 0.6 is 0 Å². The first-order chi connectivity index (χ1) is 11.2. The van der Waals surface area contributed by atoms with E-state index in [9.17, 15) is 4.79 Å². The number of nitrogens with zero attached hydrogens (tertiary/aromatic N) is 1. The summed E-state index contributed by atoms with van der Waals surface area (Å²) >= 11 is 0. The van der Waals surface area contributed by atoms with E-state index in [0.29, 0.717) is 25.3 Å². The van der Waals surface area contributed by atoms with Gasteiger partial charge in [0.25, 0.3) is 5.91 Å². The molecule has 0 bridgehead atoms. The summed E-state index contributed by atoms with van der Waals surface area (Å²) in [7, 11) is 1.64. The van der Waals surface area contributed by atoms with Crippen molar-refractivity contribution >= 4 is 5.91 Å². The van der Waals surface area contributed by atoms with Crippen molar-refractivity contribution in [3.63, 3.8) is 0 Å². The summed E-state index contributed by atoms with van der Waals surface area (Å²) < 4.78 is 10.6. The Bertz CT molecular complexity index is 620. The summed E-state index contributed by atoms with van der Waals surface area (Å²) in [5.74, 6) is 1.61. The Hall–Kier alpha value is -2.49. The summed E-state index contributed by atoms with van der Waals surface area (Å²) in [4.78, 5) is 14.4. The SMILES string of the molecule is CCOc1ccc(C(=O)N(CC)Cc2ccc(OC)cc2)cc1. The van der Waals surface area contributed by atoms with Gasteiger partial charge in [0.1, 0.15) is 11.5 Å². The minimum absolute atomic E-state index is 0.0198. The number of rotatable bonds is 7. The number of ether oxygens (including phenoxy) is 2. The Morgan fingerprint density at radius 3 is 2.09 bits per heavy atom. The minimum atomic E-state index is 0.0198. The normalized spacial score (nSPS) is 10.2. The molecule has 0 saturated carbocycles. The van der Waals surface area contributed by atoms with Crippen LogP contribution in [0.1, 0.15) is 29.8 Å². The van der Waals surface area contributed by atoms with Crippen LogP contribution in [-0.4, -0.2) is 31.1 Å². The zero-order valence-electron chi connectivity index (χ0n) is 13.9. The third-order valence-corrected chi connectivity index (χ3v) is 3.61. The van der Waals surface area contributed by atoms with Gasteiger partial charge in [-0.2, -0.15) is 0 Å². The second-order valence-corrected chi connectivity index (χ2v) is 5.12. The van der Waals surface area contributed by atoms with Crippen molar-refractivity contribution in [2.45, 2.75) is 20.4 Å². The first-order valence-corrected chi connectivity index (χ1v) is 7.83. The van der Waals surface area contributed by atoms with Crippen molar-refractivity contribution in [1.82, 2.24) is 4.90 Å². The van der Waals surface area contributed by atoms with Gasteiger partial charge in [0.15, 0.2) is 0 Å². The number of carbonyl (C=O) groups is 1. The lowest BCUT2D eigenvalue weighted by atomic mass is 10.1. The fourth-order valence-corrected chi connectivity index (χ4v) is 2.32. The van der Waals surface area contributed by atoms with Gasteiger partial charge < -0.3 is 14.4 Å². The van der Waals surface area contributed by atoms with Gasteiger partial charge in [0.2, 0.25) is 0 Å². The molecule has 0 aliphatic rings. The number of benzene rings is 2. The molecule has 23 heavy (non-hydrogen) atoms. The lowest BCUT2D eigenvalue weighted by Crippen LogP contribution is -2.30. The quantitative estimate of drug-likeness (QED) is 0.781. The summed E-state index contributed by atoms with van der Waals surface area (Å²) in [6.45, 7) is 5.76. The molecule has 2 rings (SSSR count). The smallest absolute Gasteiger partial charge is 0.254 e. The maximum atomic E-state index is 12.6. The van der Waals surface area contributed by atoms with Crippen LogP contribution in [0.4, 0.5) is 0 Å². The molecular formula is C19H23NO3. The highest BCUT2D eigenvalue weighted by molar-refractivity contribution is 5.94. The first-order valence-electron chi connectivity index (χ1n) is 7.83.